The van der Waals surface area contributed by atoms with Gasteiger partial charge in [0.1, 0.15) is 11.4 Å². The standard InChI is InChI=1S/C24H28N6O2/c1-12-8-17-19(27-12)7-6-16(21(17)32-3)18-11-26-22-20(18)23(31)29(2)24(28-22)30-14-4-5-15(30)10-13(25)9-14/h6-8,11-15,26H,4-5,9-10,25H2,1-3H3/t12?,13?,14-,15+. The fraction of sp³-hybridized carbons (Fsp3) is 0.458. The van der Waals surface area contributed by atoms with Gasteiger partial charge in [0.25, 0.3) is 5.56 Å². The van der Waals surface area contributed by atoms with Crippen LogP contribution < -0.4 is 31.5 Å². The van der Waals surface area contributed by atoms with Crippen LogP contribution >= 0.6 is 0 Å². The molecule has 2 bridgehead atoms. The normalized spacial score (nSPS) is 26.2. The molecule has 4 atom stereocenters. The Hall–Kier alpha value is -3.13. The number of piperidine rings is 1. The summed E-state index contributed by atoms with van der Waals surface area (Å²) in [6.45, 7) is 2.05. The van der Waals surface area contributed by atoms with E-state index >= 15 is 0 Å². The second-order valence-corrected chi connectivity index (χ2v) is 9.34. The van der Waals surface area contributed by atoms with Crippen LogP contribution in [0.2, 0.25) is 0 Å². The van der Waals surface area contributed by atoms with Crippen LogP contribution in [0.3, 0.4) is 0 Å². The van der Waals surface area contributed by atoms with Crippen molar-refractivity contribution in [2.45, 2.75) is 56.8 Å². The number of aromatic nitrogens is 3. The summed E-state index contributed by atoms with van der Waals surface area (Å²) < 4.78 is 7.49. The summed E-state index contributed by atoms with van der Waals surface area (Å²) in [5, 5.41) is 2.48. The Morgan fingerprint density at radius 2 is 1.94 bits per heavy atom. The SMILES string of the molecule is COc1c(-c2c[nH]c3nc(N4[C@@H]5CC[C@H]4CC(N)C5)n(C)c(=O)c23)ccc2c1=CC(C)N=2. The van der Waals surface area contributed by atoms with E-state index in [-0.39, 0.29) is 17.6 Å². The van der Waals surface area contributed by atoms with Gasteiger partial charge in [-0.15, -0.1) is 0 Å². The first-order valence-corrected chi connectivity index (χ1v) is 11.4. The summed E-state index contributed by atoms with van der Waals surface area (Å²) in [6.07, 6.45) is 8.07. The van der Waals surface area contributed by atoms with Crippen molar-refractivity contribution in [2.24, 2.45) is 17.8 Å². The van der Waals surface area contributed by atoms with Crippen molar-refractivity contribution >= 4 is 23.1 Å². The molecule has 6 rings (SSSR count). The molecule has 2 aromatic heterocycles. The fourth-order valence-electron chi connectivity index (χ4n) is 5.93. The minimum atomic E-state index is -0.0555. The molecule has 0 aliphatic carbocycles. The average Bonchev–Trinajstić information content (AvgIpc) is 3.43. The molecule has 3 N–H and O–H groups in total. The van der Waals surface area contributed by atoms with Crippen LogP contribution in [-0.4, -0.2) is 45.8 Å². The van der Waals surface area contributed by atoms with Crippen molar-refractivity contribution < 1.29 is 4.74 Å². The second kappa shape index (κ2) is 6.93. The van der Waals surface area contributed by atoms with E-state index in [0.717, 1.165) is 59.1 Å². The van der Waals surface area contributed by atoms with Crippen LogP contribution in [-0.2, 0) is 7.05 Å². The van der Waals surface area contributed by atoms with E-state index in [2.05, 4.69) is 21.0 Å². The maximum Gasteiger partial charge on any atom is 0.264 e. The van der Waals surface area contributed by atoms with Crippen molar-refractivity contribution in [1.82, 2.24) is 14.5 Å². The van der Waals surface area contributed by atoms with Crippen LogP contribution in [0.25, 0.3) is 28.2 Å². The molecule has 0 saturated carbocycles. The average molecular weight is 433 g/mol. The number of H-pyrrole nitrogens is 1. The van der Waals surface area contributed by atoms with E-state index in [9.17, 15) is 4.79 Å². The predicted octanol–water partition coefficient (Wildman–Crippen LogP) is 1.20. The Bertz CT molecular complexity index is 1410. The summed E-state index contributed by atoms with van der Waals surface area (Å²) in [4.78, 5) is 28.8. The number of benzene rings is 1. The van der Waals surface area contributed by atoms with Gasteiger partial charge in [-0.25, -0.2) is 0 Å². The lowest BCUT2D eigenvalue weighted by atomic mass is 9.98. The number of nitrogens with one attached hydrogen (secondary N) is 1. The number of methoxy groups -OCH3 is 1. The number of hydrogen-bond donors (Lipinski definition) is 2. The van der Waals surface area contributed by atoms with Crippen LogP contribution in [0.1, 0.15) is 32.6 Å². The van der Waals surface area contributed by atoms with Crippen molar-refractivity contribution in [3.8, 4) is 16.9 Å². The Kier molecular flexibility index (Phi) is 4.24. The Labute approximate surface area is 185 Å². The molecule has 3 aromatic rings. The zero-order valence-electron chi connectivity index (χ0n) is 18.6. The first-order chi connectivity index (χ1) is 15.5. The van der Waals surface area contributed by atoms with Crippen molar-refractivity contribution in [3.63, 3.8) is 0 Å². The second-order valence-electron chi connectivity index (χ2n) is 9.34. The molecule has 8 heteroatoms. The van der Waals surface area contributed by atoms with Gasteiger partial charge in [-0.1, -0.05) is 0 Å². The highest BCUT2D eigenvalue weighted by Crippen LogP contribution is 2.38. The maximum absolute atomic E-state index is 13.6. The molecule has 3 aliphatic heterocycles. The van der Waals surface area contributed by atoms with Gasteiger partial charge in [0.15, 0.2) is 0 Å². The number of fused-ring (bicyclic) bond motifs is 4. The highest BCUT2D eigenvalue weighted by Gasteiger charge is 2.41. The predicted molar refractivity (Wildman–Crippen MR) is 125 cm³/mol. The number of nitrogens with two attached hydrogens (primary N) is 1. The Morgan fingerprint density at radius 3 is 2.66 bits per heavy atom. The number of nitrogens with zero attached hydrogens (tertiary/aromatic N) is 4. The lowest BCUT2D eigenvalue weighted by molar-refractivity contribution is 0.405. The van der Waals surface area contributed by atoms with E-state index in [1.165, 1.54) is 0 Å². The summed E-state index contributed by atoms with van der Waals surface area (Å²) in [5.41, 5.74) is 8.48. The van der Waals surface area contributed by atoms with Crippen molar-refractivity contribution in [2.75, 3.05) is 12.0 Å². The number of hydrogen-bond acceptors (Lipinski definition) is 6. The summed E-state index contributed by atoms with van der Waals surface area (Å²) in [6, 6.07) is 5.03. The maximum atomic E-state index is 13.6. The molecule has 166 valence electrons. The fourth-order valence-corrected chi connectivity index (χ4v) is 5.93. The van der Waals surface area contributed by atoms with Crippen molar-refractivity contribution in [1.29, 1.82) is 0 Å². The van der Waals surface area contributed by atoms with E-state index in [1.54, 1.807) is 11.7 Å². The van der Waals surface area contributed by atoms with Gasteiger partial charge >= 0.3 is 0 Å². The van der Waals surface area contributed by atoms with Crippen LogP contribution in [0.5, 0.6) is 5.75 Å². The van der Waals surface area contributed by atoms with Crippen LogP contribution in [0.4, 0.5) is 5.95 Å². The minimum absolute atomic E-state index is 0.0555. The quantitative estimate of drug-likeness (QED) is 0.648. The van der Waals surface area contributed by atoms with Gasteiger partial charge < -0.3 is 20.4 Å². The van der Waals surface area contributed by atoms with Gasteiger partial charge in [-0.3, -0.25) is 14.4 Å². The summed E-state index contributed by atoms with van der Waals surface area (Å²) in [5.74, 6) is 1.47. The van der Waals surface area contributed by atoms with Gasteiger partial charge in [0, 0.05) is 47.7 Å². The van der Waals surface area contributed by atoms with Crippen LogP contribution in [0.15, 0.2) is 28.1 Å². The first kappa shape index (κ1) is 19.5. The number of rotatable bonds is 3. The molecule has 8 nitrogen and oxygen atoms in total. The van der Waals surface area contributed by atoms with E-state index in [1.807, 2.05) is 32.3 Å². The molecule has 2 unspecified atom stereocenters. The van der Waals surface area contributed by atoms with Gasteiger partial charge in [0.05, 0.1) is 23.9 Å². The monoisotopic (exact) mass is 432 g/mol. The van der Waals surface area contributed by atoms with E-state index in [4.69, 9.17) is 15.5 Å². The minimum Gasteiger partial charge on any atom is -0.495 e. The highest BCUT2D eigenvalue weighted by atomic mass is 16.5. The molecule has 0 amide bonds. The molecule has 2 saturated heterocycles. The molecule has 32 heavy (non-hydrogen) atoms. The number of ether oxygens (including phenoxy) is 1. The molecular weight excluding hydrogens is 404 g/mol. The van der Waals surface area contributed by atoms with Gasteiger partial charge in [0.2, 0.25) is 5.95 Å². The molecule has 5 heterocycles. The highest BCUT2D eigenvalue weighted by molar-refractivity contribution is 5.95. The number of aromatic amines is 1. The Balaban J connectivity index is 1.53. The van der Waals surface area contributed by atoms with Crippen LogP contribution in [0, 0.1) is 0 Å². The zero-order valence-corrected chi connectivity index (χ0v) is 18.6. The molecule has 0 radical (unpaired) electrons. The Morgan fingerprint density at radius 1 is 1.19 bits per heavy atom. The van der Waals surface area contributed by atoms with E-state index in [0.29, 0.717) is 23.1 Å². The topological polar surface area (TPSA) is 102 Å². The lowest BCUT2D eigenvalue weighted by Crippen LogP contribution is -2.49. The summed E-state index contributed by atoms with van der Waals surface area (Å²) >= 11 is 0. The largest absolute Gasteiger partial charge is 0.495 e. The molecule has 0 spiro atoms. The van der Waals surface area contributed by atoms with Crippen molar-refractivity contribution in [3.05, 3.63) is 39.3 Å². The first-order valence-electron chi connectivity index (χ1n) is 11.4. The van der Waals surface area contributed by atoms with E-state index < -0.39 is 0 Å². The molecule has 2 fully saturated rings. The smallest absolute Gasteiger partial charge is 0.264 e. The third-order valence-corrected chi connectivity index (χ3v) is 7.31. The summed E-state index contributed by atoms with van der Waals surface area (Å²) in [7, 11) is 3.49. The third kappa shape index (κ3) is 2.68. The molecular formula is C24H28N6O2. The lowest BCUT2D eigenvalue weighted by Gasteiger charge is -2.38. The zero-order chi connectivity index (χ0) is 22.1. The van der Waals surface area contributed by atoms with Gasteiger partial charge in [-0.05, 0) is 50.8 Å². The molecule has 1 aromatic carbocycles. The molecule has 3 aliphatic rings. The number of anilines is 1. The van der Waals surface area contributed by atoms with Gasteiger partial charge in [-0.2, -0.15) is 4.98 Å². The third-order valence-electron chi connectivity index (χ3n) is 7.31.